The Kier molecular flexibility index (Phi) is 9.08. The number of nitrogens with zero attached hydrogens (tertiary/aromatic N) is 3. The fourth-order valence-corrected chi connectivity index (χ4v) is 6.08. The van der Waals surface area contributed by atoms with Crippen LogP contribution >= 0.6 is 0 Å². The summed E-state index contributed by atoms with van der Waals surface area (Å²) in [5.74, 6) is -3.72. The molecule has 2 aromatic rings. The van der Waals surface area contributed by atoms with Gasteiger partial charge in [0.25, 0.3) is 5.92 Å². The van der Waals surface area contributed by atoms with Gasteiger partial charge in [0.15, 0.2) is 0 Å². The second-order valence-corrected chi connectivity index (χ2v) is 12.1. The Morgan fingerprint density at radius 2 is 1.91 bits per heavy atom. The van der Waals surface area contributed by atoms with E-state index in [0.29, 0.717) is 79.3 Å². The molecule has 4 heterocycles. The lowest BCUT2D eigenvalue weighted by atomic mass is 9.85. The van der Waals surface area contributed by atoms with E-state index in [1.165, 1.54) is 12.3 Å². The van der Waals surface area contributed by atoms with Crippen molar-refractivity contribution < 1.29 is 8.78 Å². The number of hydrogen-bond donors (Lipinski definition) is 6. The standard InChI is InChI=1S/C32H43F2N9/c1-21-22-5-4-6-24(15-22)32(33,34)23-8-13-43(14-9-23)19-25(37)18-40-39-12-3-2-7-27-30(38)26(28(17-35)41-21)16-29(42-27)31(20-36)10-11-31/h4-6,15-18,21,23,39-41H,2-3,7-14,19,35,37-38H2,1H3/b25-18-,28-17+/t21-/m1/s1. The highest BCUT2D eigenvalue weighted by Gasteiger charge is 2.47. The summed E-state index contributed by atoms with van der Waals surface area (Å²) in [5.41, 5.74) is 29.1. The zero-order valence-corrected chi connectivity index (χ0v) is 24.8. The van der Waals surface area contributed by atoms with Crippen molar-refractivity contribution in [3.05, 3.63) is 76.5 Å². The number of aromatic nitrogens is 1. The van der Waals surface area contributed by atoms with Crippen LogP contribution in [0.25, 0.3) is 5.70 Å². The van der Waals surface area contributed by atoms with Gasteiger partial charge in [-0.15, -0.1) is 0 Å². The fourth-order valence-electron chi connectivity index (χ4n) is 6.08. The predicted molar refractivity (Wildman–Crippen MR) is 165 cm³/mol. The van der Waals surface area contributed by atoms with E-state index in [9.17, 15) is 5.26 Å². The number of pyridine rings is 1. The van der Waals surface area contributed by atoms with Crippen molar-refractivity contribution in [3.63, 3.8) is 0 Å². The minimum absolute atomic E-state index is 0.0150. The van der Waals surface area contributed by atoms with Crippen LogP contribution in [-0.2, 0) is 17.8 Å². The molecule has 9 N–H and O–H groups in total. The Bertz CT molecular complexity index is 1400. The van der Waals surface area contributed by atoms with E-state index in [2.05, 4.69) is 27.1 Å². The molecule has 230 valence electrons. The quantitative estimate of drug-likeness (QED) is 0.290. The van der Waals surface area contributed by atoms with Gasteiger partial charge in [-0.05, 0) is 82.7 Å². The number of nitrogen functional groups attached to an aromatic ring is 1. The number of alkyl halides is 2. The van der Waals surface area contributed by atoms with Crippen molar-refractivity contribution in [3.8, 4) is 6.07 Å². The summed E-state index contributed by atoms with van der Waals surface area (Å²) < 4.78 is 31.7. The van der Waals surface area contributed by atoms with E-state index in [1.807, 2.05) is 19.1 Å². The first-order valence-corrected chi connectivity index (χ1v) is 15.2. The zero-order chi connectivity index (χ0) is 30.6. The van der Waals surface area contributed by atoms with Crippen molar-refractivity contribution in [1.29, 1.82) is 5.26 Å². The SMILES string of the molecule is C[C@H]1N/C(=C/N)c2cc(C3(C#N)CC3)nc(c2N)CCCCNN/C=C(\N)CN2CCC(CC2)C(F)(F)c2cccc1c2. The lowest BCUT2D eigenvalue weighted by Gasteiger charge is -2.36. The Hall–Kier alpha value is -3.88. The van der Waals surface area contributed by atoms with Gasteiger partial charge in [0.1, 0.15) is 0 Å². The molecule has 3 aliphatic heterocycles. The summed E-state index contributed by atoms with van der Waals surface area (Å²) >= 11 is 0. The number of rotatable bonds is 1. The highest BCUT2D eigenvalue weighted by Crippen LogP contribution is 2.48. The van der Waals surface area contributed by atoms with E-state index in [-0.39, 0.29) is 11.6 Å². The smallest absolute Gasteiger partial charge is 0.276 e. The number of hydrazine groups is 1. The van der Waals surface area contributed by atoms with Gasteiger partial charge < -0.3 is 27.9 Å². The maximum atomic E-state index is 15.8. The van der Waals surface area contributed by atoms with Crippen LogP contribution in [0.1, 0.15) is 79.6 Å². The summed E-state index contributed by atoms with van der Waals surface area (Å²) in [6.45, 7) is 4.26. The van der Waals surface area contributed by atoms with Gasteiger partial charge in [0.05, 0.1) is 34.3 Å². The fraction of sp³-hybridized carbons (Fsp3) is 0.500. The highest BCUT2D eigenvalue weighted by atomic mass is 19.3. The van der Waals surface area contributed by atoms with Crippen LogP contribution in [0.15, 0.2) is 48.4 Å². The van der Waals surface area contributed by atoms with E-state index in [1.54, 1.807) is 18.3 Å². The first kappa shape index (κ1) is 30.6. The van der Waals surface area contributed by atoms with Crippen LogP contribution in [0.2, 0.25) is 0 Å². The molecule has 1 aromatic carbocycles. The molecule has 2 fully saturated rings. The predicted octanol–water partition coefficient (Wildman–Crippen LogP) is 3.86. The molecule has 0 radical (unpaired) electrons. The number of nitrogens with two attached hydrogens (primary N) is 3. The number of aryl methyl sites for hydroxylation is 1. The molecule has 9 nitrogen and oxygen atoms in total. The highest BCUT2D eigenvalue weighted by molar-refractivity contribution is 5.76. The average Bonchev–Trinajstić information content (AvgIpc) is 3.81. The Morgan fingerprint density at radius 3 is 2.60 bits per heavy atom. The van der Waals surface area contributed by atoms with Gasteiger partial charge in [-0.1, -0.05) is 18.2 Å². The second kappa shape index (κ2) is 12.8. The van der Waals surface area contributed by atoms with Crippen molar-refractivity contribution in [2.45, 2.75) is 69.2 Å². The molecule has 43 heavy (non-hydrogen) atoms. The summed E-state index contributed by atoms with van der Waals surface area (Å²) in [7, 11) is 0. The molecule has 0 spiro atoms. The molecule has 0 unspecified atom stereocenters. The van der Waals surface area contributed by atoms with Gasteiger partial charge in [-0.25, -0.2) is 14.2 Å². The molecule has 1 aromatic heterocycles. The van der Waals surface area contributed by atoms with Crippen molar-refractivity contribution >= 4 is 11.4 Å². The number of hydrogen-bond acceptors (Lipinski definition) is 9. The van der Waals surface area contributed by atoms with Crippen LogP contribution in [0.3, 0.4) is 0 Å². The van der Waals surface area contributed by atoms with Crippen LogP contribution < -0.4 is 33.4 Å². The van der Waals surface area contributed by atoms with Gasteiger partial charge in [0.2, 0.25) is 0 Å². The third-order valence-corrected chi connectivity index (χ3v) is 9.02. The first-order valence-electron chi connectivity index (χ1n) is 15.2. The van der Waals surface area contributed by atoms with E-state index in [4.69, 9.17) is 22.2 Å². The maximum Gasteiger partial charge on any atom is 0.276 e. The van der Waals surface area contributed by atoms with Gasteiger partial charge >= 0.3 is 0 Å². The Balaban J connectivity index is 1.47. The number of halogens is 2. The van der Waals surface area contributed by atoms with Crippen LogP contribution in [0.5, 0.6) is 0 Å². The molecule has 4 aliphatic rings. The largest absolute Gasteiger partial charge is 0.403 e. The number of nitrogens with one attached hydrogen (secondary N) is 3. The lowest BCUT2D eigenvalue weighted by molar-refractivity contribution is -0.0849. The summed E-state index contributed by atoms with van der Waals surface area (Å²) in [6, 6.07) is 10.6. The summed E-state index contributed by atoms with van der Waals surface area (Å²) in [4.78, 5) is 6.97. The number of benzene rings is 1. The van der Waals surface area contributed by atoms with Gasteiger partial charge in [0, 0.05) is 54.3 Å². The maximum absolute atomic E-state index is 15.8. The molecule has 6 rings (SSSR count). The minimum Gasteiger partial charge on any atom is -0.403 e. The molecule has 1 saturated carbocycles. The van der Waals surface area contributed by atoms with E-state index >= 15 is 8.78 Å². The molecule has 1 atom stereocenters. The topological polar surface area (TPSA) is 154 Å². The normalized spacial score (nSPS) is 28.0. The van der Waals surface area contributed by atoms with Crippen LogP contribution in [0, 0.1) is 17.2 Å². The lowest BCUT2D eigenvalue weighted by Crippen LogP contribution is -2.41. The third-order valence-electron chi connectivity index (χ3n) is 9.02. The Labute approximate surface area is 252 Å². The number of piperidine rings is 1. The number of fused-ring (bicyclic) bond motifs is 11. The summed E-state index contributed by atoms with van der Waals surface area (Å²) in [5, 5.41) is 13.3. The van der Waals surface area contributed by atoms with Crippen LogP contribution in [0.4, 0.5) is 14.5 Å². The van der Waals surface area contributed by atoms with Crippen molar-refractivity contribution in [2.75, 3.05) is 31.9 Å². The molecule has 1 aliphatic carbocycles. The first-order chi connectivity index (χ1) is 20.7. The van der Waals surface area contributed by atoms with Gasteiger partial charge in [-0.2, -0.15) is 5.26 Å². The Morgan fingerprint density at radius 1 is 1.14 bits per heavy atom. The summed E-state index contributed by atoms with van der Waals surface area (Å²) in [6.07, 6.45) is 7.77. The molecule has 1 saturated heterocycles. The molecule has 0 amide bonds. The zero-order valence-electron chi connectivity index (χ0n) is 24.8. The molecular formula is C32H43F2N9. The molecular weight excluding hydrogens is 548 g/mol. The molecule has 6 bridgehead atoms. The third kappa shape index (κ3) is 6.71. The average molecular weight is 592 g/mol. The number of anilines is 1. The van der Waals surface area contributed by atoms with E-state index < -0.39 is 17.3 Å². The van der Waals surface area contributed by atoms with Crippen LogP contribution in [-0.4, -0.2) is 36.1 Å². The number of nitriles is 1. The van der Waals surface area contributed by atoms with Crippen molar-refractivity contribution in [2.24, 2.45) is 17.4 Å². The van der Waals surface area contributed by atoms with Gasteiger partial charge in [-0.3, -0.25) is 9.88 Å². The molecule has 11 heteroatoms. The second-order valence-electron chi connectivity index (χ2n) is 12.1. The van der Waals surface area contributed by atoms with E-state index in [0.717, 1.165) is 31.4 Å². The monoisotopic (exact) mass is 591 g/mol. The minimum atomic E-state index is -2.97. The van der Waals surface area contributed by atoms with Crippen molar-refractivity contribution in [1.82, 2.24) is 26.1 Å².